The largest absolute Gasteiger partial charge is 0.424 e. The number of hydrogen-bond acceptors (Lipinski definition) is 6. The van der Waals surface area contributed by atoms with Crippen molar-refractivity contribution in [2.24, 2.45) is 0 Å². The smallest absolute Gasteiger partial charge is 0.408 e. The molecule has 4 rings (SSSR count). The minimum atomic E-state index is -3.97. The fourth-order valence-corrected chi connectivity index (χ4v) is 5.15. The van der Waals surface area contributed by atoms with Gasteiger partial charge in [-0.25, -0.2) is 17.8 Å². The Balaban J connectivity index is 1.50. The molecule has 0 aliphatic carbocycles. The van der Waals surface area contributed by atoms with Gasteiger partial charge in [0, 0.05) is 6.07 Å². The van der Waals surface area contributed by atoms with Crippen LogP contribution in [-0.2, 0) is 16.7 Å². The van der Waals surface area contributed by atoms with E-state index in [4.69, 9.17) is 4.42 Å². The molecule has 1 fully saturated rings. The normalized spacial score (nSPS) is 16.3. The van der Waals surface area contributed by atoms with E-state index in [2.05, 4.69) is 0 Å². The number of para-hydroxylation sites is 3. The van der Waals surface area contributed by atoms with Gasteiger partial charge < -0.3 is 9.32 Å². The van der Waals surface area contributed by atoms with E-state index in [0.717, 1.165) is 4.90 Å². The Bertz CT molecular complexity index is 1220. The lowest BCUT2D eigenvalue weighted by molar-refractivity contribution is -0.926. The molecular formula is C18H19N4O6S+. The van der Waals surface area contributed by atoms with Crippen LogP contribution < -0.4 is 10.7 Å². The number of quaternary nitrogens is 1. The van der Waals surface area contributed by atoms with Crippen LogP contribution in [0.15, 0.2) is 62.6 Å². The molecule has 1 aromatic heterocycles. The molecule has 1 aliphatic rings. The summed E-state index contributed by atoms with van der Waals surface area (Å²) in [5.41, 5.74) is 0.771. The molecule has 0 atom stereocenters. The van der Waals surface area contributed by atoms with Crippen molar-refractivity contribution in [3.05, 3.63) is 69.2 Å². The van der Waals surface area contributed by atoms with E-state index in [9.17, 15) is 23.3 Å². The van der Waals surface area contributed by atoms with E-state index in [1.807, 2.05) is 6.07 Å². The molecule has 2 heterocycles. The monoisotopic (exact) mass is 419 g/mol. The zero-order valence-corrected chi connectivity index (χ0v) is 16.2. The standard InChI is InChI=1S/C18H18N4O6S/c23-18-21(14-5-1-3-7-16(14)28-18)13-19-9-11-20(12-10-19)29(26,27)17-8-4-2-6-15(17)22(24)25/h1-8H,9-13H2/p+1. The highest BCUT2D eigenvalue weighted by molar-refractivity contribution is 7.89. The SMILES string of the molecule is O=c1oc2ccccc2n1C[NH+]1CCN(S(=O)(=O)c2ccccc2[N+](=O)[O-])CC1. The van der Waals surface area contributed by atoms with Crippen LogP contribution in [0.2, 0.25) is 0 Å². The van der Waals surface area contributed by atoms with Crippen LogP contribution in [0, 0.1) is 10.1 Å². The Morgan fingerprint density at radius 2 is 1.72 bits per heavy atom. The highest BCUT2D eigenvalue weighted by Crippen LogP contribution is 2.26. The zero-order chi connectivity index (χ0) is 20.6. The van der Waals surface area contributed by atoms with Gasteiger partial charge in [-0.1, -0.05) is 24.3 Å². The number of nitro benzene ring substituents is 1. The topological polar surface area (TPSA) is 120 Å². The van der Waals surface area contributed by atoms with Gasteiger partial charge in [-0.2, -0.15) is 4.31 Å². The van der Waals surface area contributed by atoms with Gasteiger partial charge in [0.1, 0.15) is 0 Å². The van der Waals surface area contributed by atoms with Crippen molar-refractivity contribution in [2.45, 2.75) is 11.6 Å². The summed E-state index contributed by atoms with van der Waals surface area (Å²) in [5, 5.41) is 11.2. The third kappa shape index (κ3) is 3.55. The molecule has 1 N–H and O–H groups in total. The highest BCUT2D eigenvalue weighted by atomic mass is 32.2. The maximum absolute atomic E-state index is 12.9. The molecule has 29 heavy (non-hydrogen) atoms. The molecule has 0 saturated carbocycles. The Morgan fingerprint density at radius 3 is 2.45 bits per heavy atom. The van der Waals surface area contributed by atoms with Crippen molar-refractivity contribution < 1.29 is 22.7 Å². The zero-order valence-electron chi connectivity index (χ0n) is 15.4. The second-order valence-electron chi connectivity index (χ2n) is 6.80. The molecule has 11 heteroatoms. The summed E-state index contributed by atoms with van der Waals surface area (Å²) < 4.78 is 33.8. The number of oxazole rings is 1. The molecule has 0 spiro atoms. The number of hydrogen-bond donors (Lipinski definition) is 1. The summed E-state index contributed by atoms with van der Waals surface area (Å²) in [5.74, 6) is -0.450. The lowest BCUT2D eigenvalue weighted by atomic mass is 10.3. The molecule has 0 amide bonds. The molecule has 152 valence electrons. The summed E-state index contributed by atoms with van der Waals surface area (Å²) in [4.78, 5) is 23.4. The first-order chi connectivity index (χ1) is 13.9. The third-order valence-electron chi connectivity index (χ3n) is 5.06. The van der Waals surface area contributed by atoms with Gasteiger partial charge in [-0.3, -0.25) is 10.1 Å². The predicted octanol–water partition coefficient (Wildman–Crippen LogP) is 0.0496. The maximum atomic E-state index is 12.9. The van der Waals surface area contributed by atoms with E-state index in [-0.39, 0.29) is 18.0 Å². The second kappa shape index (κ2) is 7.43. The molecule has 0 radical (unpaired) electrons. The van der Waals surface area contributed by atoms with Gasteiger partial charge in [0.2, 0.25) is 10.0 Å². The van der Waals surface area contributed by atoms with Gasteiger partial charge in [0.15, 0.2) is 17.1 Å². The van der Waals surface area contributed by atoms with Crippen molar-refractivity contribution in [3.8, 4) is 0 Å². The summed E-state index contributed by atoms with van der Waals surface area (Å²) in [6.07, 6.45) is 0. The van der Waals surface area contributed by atoms with Crippen molar-refractivity contribution in [3.63, 3.8) is 0 Å². The van der Waals surface area contributed by atoms with Crippen LogP contribution >= 0.6 is 0 Å². The molecule has 2 aromatic carbocycles. The van der Waals surface area contributed by atoms with Crippen LogP contribution in [0.25, 0.3) is 11.1 Å². The summed E-state index contributed by atoms with van der Waals surface area (Å²) in [6, 6.07) is 12.5. The highest BCUT2D eigenvalue weighted by Gasteiger charge is 2.35. The first kappa shape index (κ1) is 19.3. The van der Waals surface area contributed by atoms with Crippen LogP contribution in [-0.4, -0.2) is 48.4 Å². The van der Waals surface area contributed by atoms with E-state index in [0.29, 0.717) is 30.9 Å². The number of nitrogens with one attached hydrogen (secondary N) is 1. The first-order valence-electron chi connectivity index (χ1n) is 9.03. The number of aromatic nitrogens is 1. The molecule has 10 nitrogen and oxygen atoms in total. The summed E-state index contributed by atoms with van der Waals surface area (Å²) in [7, 11) is -3.97. The Labute approximate surface area is 165 Å². The number of nitrogens with zero attached hydrogens (tertiary/aromatic N) is 3. The summed E-state index contributed by atoms with van der Waals surface area (Å²) in [6.45, 7) is 1.69. The van der Waals surface area contributed by atoms with Crippen molar-refractivity contribution >= 4 is 26.8 Å². The molecule has 0 bridgehead atoms. The van der Waals surface area contributed by atoms with Crippen LogP contribution in [0.1, 0.15) is 0 Å². The number of sulfonamides is 1. The van der Waals surface area contributed by atoms with Crippen molar-refractivity contribution in [1.82, 2.24) is 8.87 Å². The lowest BCUT2D eigenvalue weighted by Crippen LogP contribution is -3.14. The minimum absolute atomic E-state index is 0.203. The van der Waals surface area contributed by atoms with Gasteiger partial charge >= 0.3 is 5.76 Å². The fraction of sp³-hybridized carbons (Fsp3) is 0.278. The molecule has 3 aromatic rings. The predicted molar refractivity (Wildman–Crippen MR) is 103 cm³/mol. The van der Waals surface area contributed by atoms with Gasteiger partial charge in [-0.15, -0.1) is 0 Å². The number of benzene rings is 2. The number of piperazine rings is 1. The van der Waals surface area contributed by atoms with Crippen molar-refractivity contribution in [2.75, 3.05) is 26.2 Å². The minimum Gasteiger partial charge on any atom is -0.408 e. The lowest BCUT2D eigenvalue weighted by Gasteiger charge is -2.31. The third-order valence-corrected chi connectivity index (χ3v) is 7.01. The van der Waals surface area contributed by atoms with E-state index in [1.54, 1.807) is 18.2 Å². The van der Waals surface area contributed by atoms with E-state index < -0.39 is 26.4 Å². The Morgan fingerprint density at radius 1 is 1.07 bits per heavy atom. The average Bonchev–Trinajstić information content (AvgIpc) is 3.03. The molecular weight excluding hydrogens is 400 g/mol. The number of rotatable bonds is 5. The van der Waals surface area contributed by atoms with Crippen molar-refractivity contribution in [1.29, 1.82) is 0 Å². The van der Waals surface area contributed by atoms with Gasteiger partial charge in [0.25, 0.3) is 5.69 Å². The van der Waals surface area contributed by atoms with Crippen LogP contribution in [0.5, 0.6) is 0 Å². The molecule has 0 unspecified atom stereocenters. The Kier molecular flexibility index (Phi) is 4.94. The first-order valence-corrected chi connectivity index (χ1v) is 10.5. The number of nitro groups is 1. The molecule has 1 saturated heterocycles. The molecule has 1 aliphatic heterocycles. The van der Waals surface area contributed by atoms with Gasteiger partial charge in [-0.05, 0) is 18.2 Å². The Hall–Kier alpha value is -3.02. The van der Waals surface area contributed by atoms with Crippen LogP contribution in [0.4, 0.5) is 5.69 Å². The maximum Gasteiger partial charge on any atom is 0.424 e. The number of fused-ring (bicyclic) bond motifs is 1. The van der Waals surface area contributed by atoms with Crippen LogP contribution in [0.3, 0.4) is 0 Å². The average molecular weight is 419 g/mol. The fourth-order valence-electron chi connectivity index (χ4n) is 3.55. The summed E-state index contributed by atoms with van der Waals surface area (Å²) >= 11 is 0. The van der Waals surface area contributed by atoms with E-state index >= 15 is 0 Å². The van der Waals surface area contributed by atoms with Gasteiger partial charge in [0.05, 0.1) is 36.6 Å². The quantitative estimate of drug-likeness (QED) is 0.461. The van der Waals surface area contributed by atoms with E-state index in [1.165, 1.54) is 33.1 Å². The second-order valence-corrected chi connectivity index (χ2v) is 8.71.